The topological polar surface area (TPSA) is 33.1 Å². The number of aliphatic hydroxyl groups is 1. The van der Waals surface area contributed by atoms with Gasteiger partial charge in [-0.15, -0.1) is 0 Å². The Hall–Kier alpha value is -0.410. The normalized spacial score (nSPS) is 12.6. The molecule has 2 nitrogen and oxygen atoms in total. The molecule has 1 aromatic rings. The van der Waals surface area contributed by atoms with Crippen molar-refractivity contribution < 1.29 is 5.11 Å². The third-order valence-electron chi connectivity index (χ3n) is 3.18. The van der Waals surface area contributed by atoms with Crippen molar-refractivity contribution in [1.82, 2.24) is 4.98 Å². The lowest BCUT2D eigenvalue weighted by Crippen LogP contribution is -2.01. The first-order valence-electron chi connectivity index (χ1n) is 7.04. The summed E-state index contributed by atoms with van der Waals surface area (Å²) in [6.07, 6.45) is 11.0. The Morgan fingerprint density at radius 2 is 1.83 bits per heavy atom. The van der Waals surface area contributed by atoms with Gasteiger partial charge in [0.1, 0.15) is 0 Å². The molecular formula is C15H24BrNO. The minimum absolute atomic E-state index is 0.434. The lowest BCUT2D eigenvalue weighted by Gasteiger charge is -2.11. The van der Waals surface area contributed by atoms with Crippen LogP contribution < -0.4 is 0 Å². The van der Waals surface area contributed by atoms with Crippen LogP contribution in [0.15, 0.2) is 22.8 Å². The standard InChI is InChI=1S/C15H24BrNO/c1-2-3-4-5-6-7-8-11-14(18)15-13(16)10-9-12-17-15/h9-10,12,14,18H,2-8,11H2,1H3. The van der Waals surface area contributed by atoms with Gasteiger partial charge in [0.05, 0.1) is 11.8 Å². The van der Waals surface area contributed by atoms with E-state index in [9.17, 15) is 5.11 Å². The molecule has 1 heterocycles. The molecule has 0 saturated carbocycles. The Bertz CT molecular complexity index is 330. The minimum Gasteiger partial charge on any atom is -0.387 e. The van der Waals surface area contributed by atoms with Crippen molar-refractivity contribution in [1.29, 1.82) is 0 Å². The van der Waals surface area contributed by atoms with Gasteiger partial charge in [0.15, 0.2) is 0 Å². The van der Waals surface area contributed by atoms with Gasteiger partial charge in [-0.25, -0.2) is 0 Å². The van der Waals surface area contributed by atoms with Crippen LogP contribution >= 0.6 is 15.9 Å². The van der Waals surface area contributed by atoms with E-state index in [4.69, 9.17) is 0 Å². The molecule has 0 fully saturated rings. The van der Waals surface area contributed by atoms with Crippen molar-refractivity contribution in [3.05, 3.63) is 28.5 Å². The summed E-state index contributed by atoms with van der Waals surface area (Å²) >= 11 is 3.43. The van der Waals surface area contributed by atoms with Gasteiger partial charge in [-0.05, 0) is 34.5 Å². The van der Waals surface area contributed by atoms with Gasteiger partial charge in [-0.2, -0.15) is 0 Å². The molecule has 0 aliphatic rings. The van der Waals surface area contributed by atoms with Crippen LogP contribution in [0.3, 0.4) is 0 Å². The van der Waals surface area contributed by atoms with Gasteiger partial charge in [-0.3, -0.25) is 4.98 Å². The third kappa shape index (κ3) is 5.96. The van der Waals surface area contributed by atoms with E-state index in [1.54, 1.807) is 6.20 Å². The predicted molar refractivity (Wildman–Crippen MR) is 79.5 cm³/mol. The first-order valence-corrected chi connectivity index (χ1v) is 7.83. The number of unbranched alkanes of at least 4 members (excludes halogenated alkanes) is 6. The highest BCUT2D eigenvalue weighted by molar-refractivity contribution is 9.10. The maximum Gasteiger partial charge on any atom is 0.0971 e. The lowest BCUT2D eigenvalue weighted by molar-refractivity contribution is 0.158. The van der Waals surface area contributed by atoms with Gasteiger partial charge in [0.2, 0.25) is 0 Å². The highest BCUT2D eigenvalue weighted by atomic mass is 79.9. The molecule has 0 amide bonds. The molecule has 1 unspecified atom stereocenters. The number of aromatic nitrogens is 1. The summed E-state index contributed by atoms with van der Waals surface area (Å²) in [6, 6.07) is 3.80. The van der Waals surface area contributed by atoms with Gasteiger partial charge >= 0.3 is 0 Å². The Balaban J connectivity index is 2.14. The monoisotopic (exact) mass is 313 g/mol. The van der Waals surface area contributed by atoms with Gasteiger partial charge in [0, 0.05) is 10.7 Å². The fourth-order valence-corrected chi connectivity index (χ4v) is 2.59. The molecule has 1 N–H and O–H groups in total. The highest BCUT2D eigenvalue weighted by Gasteiger charge is 2.11. The van der Waals surface area contributed by atoms with Crippen LogP contribution in [0.5, 0.6) is 0 Å². The molecule has 0 radical (unpaired) electrons. The summed E-state index contributed by atoms with van der Waals surface area (Å²) in [7, 11) is 0. The number of rotatable bonds is 9. The van der Waals surface area contributed by atoms with Crippen molar-refractivity contribution in [2.24, 2.45) is 0 Å². The Morgan fingerprint density at radius 3 is 2.50 bits per heavy atom. The quantitative estimate of drug-likeness (QED) is 0.649. The van der Waals surface area contributed by atoms with Crippen molar-refractivity contribution in [3.63, 3.8) is 0 Å². The number of aliphatic hydroxyl groups excluding tert-OH is 1. The van der Waals surface area contributed by atoms with E-state index in [2.05, 4.69) is 27.8 Å². The molecule has 0 saturated heterocycles. The number of nitrogens with zero attached hydrogens (tertiary/aromatic N) is 1. The van der Waals surface area contributed by atoms with E-state index in [0.29, 0.717) is 0 Å². The number of hydrogen-bond donors (Lipinski definition) is 1. The Labute approximate surface area is 119 Å². The van der Waals surface area contributed by atoms with Crippen molar-refractivity contribution in [2.45, 2.75) is 64.4 Å². The maximum absolute atomic E-state index is 10.0. The summed E-state index contributed by atoms with van der Waals surface area (Å²) in [6.45, 7) is 2.24. The van der Waals surface area contributed by atoms with Gasteiger partial charge in [-0.1, -0.05) is 51.9 Å². The molecule has 1 atom stereocenters. The maximum atomic E-state index is 10.0. The molecular weight excluding hydrogens is 290 g/mol. The van der Waals surface area contributed by atoms with E-state index in [1.807, 2.05) is 12.1 Å². The lowest BCUT2D eigenvalue weighted by atomic mass is 10.0. The average molecular weight is 314 g/mol. The smallest absolute Gasteiger partial charge is 0.0971 e. The molecule has 0 aromatic carbocycles. The molecule has 1 aromatic heterocycles. The van der Waals surface area contributed by atoms with E-state index >= 15 is 0 Å². The van der Waals surface area contributed by atoms with E-state index < -0.39 is 6.10 Å². The molecule has 0 aliphatic carbocycles. The molecule has 1 rings (SSSR count). The van der Waals surface area contributed by atoms with Crippen LogP contribution in [-0.4, -0.2) is 10.1 Å². The third-order valence-corrected chi connectivity index (χ3v) is 3.85. The highest BCUT2D eigenvalue weighted by Crippen LogP contribution is 2.24. The molecule has 3 heteroatoms. The summed E-state index contributed by atoms with van der Waals surface area (Å²) in [4.78, 5) is 4.22. The fourth-order valence-electron chi connectivity index (χ4n) is 2.07. The zero-order chi connectivity index (χ0) is 13.2. The number of pyridine rings is 1. The average Bonchev–Trinajstić information content (AvgIpc) is 2.38. The molecule has 0 spiro atoms. The number of halogens is 1. The van der Waals surface area contributed by atoms with Gasteiger partial charge < -0.3 is 5.11 Å². The van der Waals surface area contributed by atoms with Crippen LogP contribution in [0.4, 0.5) is 0 Å². The van der Waals surface area contributed by atoms with Crippen LogP contribution in [0, 0.1) is 0 Å². The van der Waals surface area contributed by atoms with Crippen molar-refractivity contribution >= 4 is 15.9 Å². The predicted octanol–water partition coefficient (Wildman–Crippen LogP) is 5.02. The van der Waals surface area contributed by atoms with Crippen molar-refractivity contribution in [3.8, 4) is 0 Å². The Kier molecular flexibility index (Phi) is 8.27. The van der Waals surface area contributed by atoms with Crippen LogP contribution in [-0.2, 0) is 0 Å². The van der Waals surface area contributed by atoms with E-state index in [1.165, 1.54) is 38.5 Å². The second-order valence-corrected chi connectivity index (χ2v) is 5.65. The Morgan fingerprint density at radius 1 is 1.17 bits per heavy atom. The van der Waals surface area contributed by atoms with E-state index in [-0.39, 0.29) is 0 Å². The second kappa shape index (κ2) is 9.51. The van der Waals surface area contributed by atoms with Gasteiger partial charge in [0.25, 0.3) is 0 Å². The molecule has 0 aliphatic heterocycles. The second-order valence-electron chi connectivity index (χ2n) is 4.80. The molecule has 102 valence electrons. The zero-order valence-electron chi connectivity index (χ0n) is 11.2. The van der Waals surface area contributed by atoms with Crippen LogP contribution in [0.25, 0.3) is 0 Å². The molecule has 18 heavy (non-hydrogen) atoms. The SMILES string of the molecule is CCCCCCCCCC(O)c1ncccc1Br. The summed E-state index contributed by atoms with van der Waals surface area (Å²) in [5, 5.41) is 10.0. The summed E-state index contributed by atoms with van der Waals surface area (Å²) in [5.74, 6) is 0. The van der Waals surface area contributed by atoms with Crippen molar-refractivity contribution in [2.75, 3.05) is 0 Å². The summed E-state index contributed by atoms with van der Waals surface area (Å²) in [5.41, 5.74) is 0.767. The largest absolute Gasteiger partial charge is 0.387 e. The minimum atomic E-state index is -0.434. The van der Waals surface area contributed by atoms with Crippen LogP contribution in [0.1, 0.15) is 70.1 Å². The fraction of sp³-hybridized carbons (Fsp3) is 0.667. The number of hydrogen-bond acceptors (Lipinski definition) is 2. The van der Waals surface area contributed by atoms with E-state index in [0.717, 1.165) is 23.0 Å². The zero-order valence-corrected chi connectivity index (χ0v) is 12.8. The summed E-state index contributed by atoms with van der Waals surface area (Å²) < 4.78 is 0.903. The first kappa shape index (κ1) is 15.6. The first-order chi connectivity index (χ1) is 8.75. The van der Waals surface area contributed by atoms with Crippen LogP contribution in [0.2, 0.25) is 0 Å². The molecule has 0 bridgehead atoms.